The molecular weight excluding hydrogens is 297 g/mol. The first-order chi connectivity index (χ1) is 10.3. The molecule has 1 aromatic carbocycles. The van der Waals surface area contributed by atoms with Crippen LogP contribution >= 0.6 is 9.47 Å². The van der Waals surface area contributed by atoms with Gasteiger partial charge in [-0.05, 0) is 46.1 Å². The van der Waals surface area contributed by atoms with Gasteiger partial charge in [-0.3, -0.25) is 4.84 Å². The number of nitrogens with zero attached hydrogens (tertiary/aromatic N) is 1. The molecule has 0 radical (unpaired) electrons. The molecule has 1 aliphatic rings. The molecule has 1 fully saturated rings. The lowest BCUT2D eigenvalue weighted by Crippen LogP contribution is -2.62. The third-order valence-electron chi connectivity index (χ3n) is 4.32. The molecule has 2 rings (SSSR count). The summed E-state index contributed by atoms with van der Waals surface area (Å²) in [5, 5.41) is 11.8. The molecule has 2 unspecified atom stereocenters. The maximum absolute atomic E-state index is 9.77. The minimum absolute atomic E-state index is 0.0454. The highest BCUT2D eigenvalue weighted by molar-refractivity contribution is 7.09. The van der Waals surface area contributed by atoms with Crippen molar-refractivity contribution >= 4 is 9.47 Å². The summed E-state index contributed by atoms with van der Waals surface area (Å²) in [6.45, 7) is 8.58. The van der Waals surface area contributed by atoms with E-state index in [2.05, 4.69) is 37.2 Å². The van der Waals surface area contributed by atoms with Gasteiger partial charge in [-0.15, -0.1) is 0 Å². The molecule has 5 heteroatoms. The first-order valence-electron chi connectivity index (χ1n) is 7.78. The number of hydrogen-bond acceptors (Lipinski definition) is 4. The Morgan fingerprint density at radius 3 is 2.18 bits per heavy atom. The van der Waals surface area contributed by atoms with Gasteiger partial charge in [-0.25, -0.2) is 0 Å². The van der Waals surface area contributed by atoms with Gasteiger partial charge in [0.2, 0.25) is 0 Å². The number of rotatable bonds is 5. The molecule has 0 spiro atoms. The van der Waals surface area contributed by atoms with Crippen LogP contribution in [0.3, 0.4) is 0 Å². The van der Waals surface area contributed by atoms with Crippen molar-refractivity contribution in [1.29, 1.82) is 0 Å². The molecule has 1 aliphatic heterocycles. The minimum atomic E-state index is -0.354. The molecule has 1 aromatic rings. The van der Waals surface area contributed by atoms with Gasteiger partial charge in [0, 0.05) is 20.5 Å². The molecule has 0 bridgehead atoms. The van der Waals surface area contributed by atoms with Gasteiger partial charge in [-0.1, -0.05) is 30.3 Å². The lowest BCUT2D eigenvalue weighted by molar-refractivity contribution is -0.318. The zero-order valence-electron chi connectivity index (χ0n) is 14.0. The maximum Gasteiger partial charge on any atom is 0.127 e. The largest absolute Gasteiger partial charge is 0.393 e. The smallest absolute Gasteiger partial charge is 0.127 e. The Morgan fingerprint density at radius 2 is 1.73 bits per heavy atom. The van der Waals surface area contributed by atoms with Crippen LogP contribution in [-0.4, -0.2) is 34.0 Å². The minimum Gasteiger partial charge on any atom is -0.393 e. The number of aliphatic hydroxyl groups is 1. The first kappa shape index (κ1) is 17.8. The number of hydroxylamine groups is 2. The number of hydrogen-bond donors (Lipinski definition) is 1. The average molecular weight is 325 g/mol. The molecule has 1 heterocycles. The summed E-state index contributed by atoms with van der Waals surface area (Å²) in [5.74, 6) is 0. The van der Waals surface area contributed by atoms with Crippen molar-refractivity contribution in [3.8, 4) is 0 Å². The van der Waals surface area contributed by atoms with Gasteiger partial charge in [0.05, 0.1) is 12.7 Å². The fraction of sp³-hybridized carbons (Fsp3) is 0.647. The molecule has 0 aliphatic carbocycles. The van der Waals surface area contributed by atoms with E-state index in [-0.39, 0.29) is 29.9 Å². The summed E-state index contributed by atoms with van der Waals surface area (Å²) in [7, 11) is 2.38. The highest BCUT2D eigenvalue weighted by Gasteiger charge is 2.47. The second-order valence-corrected chi connectivity index (χ2v) is 7.55. The zero-order chi connectivity index (χ0) is 16.4. The lowest BCUT2D eigenvalue weighted by Gasteiger charge is -2.54. The lowest BCUT2D eigenvalue weighted by atomic mass is 9.80. The molecule has 0 saturated carbocycles. The van der Waals surface area contributed by atoms with Gasteiger partial charge in [0.1, 0.15) is 6.10 Å². The van der Waals surface area contributed by atoms with Crippen molar-refractivity contribution in [3.63, 3.8) is 0 Å². The standard InChI is InChI=1S/C17H28NO3P/c1-16(2)10-14(21-22)11-17(3,4)18(16)20-15(12-19)13-8-6-5-7-9-13/h5-9,14-15,19H,10-12,22H2,1-4H3. The van der Waals surface area contributed by atoms with E-state index in [4.69, 9.17) is 9.36 Å². The van der Waals surface area contributed by atoms with E-state index in [1.165, 1.54) is 0 Å². The fourth-order valence-electron chi connectivity index (χ4n) is 3.55. The van der Waals surface area contributed by atoms with Gasteiger partial charge < -0.3 is 9.63 Å². The van der Waals surface area contributed by atoms with Crippen LogP contribution in [0, 0.1) is 0 Å². The van der Waals surface area contributed by atoms with Crippen LogP contribution in [0.4, 0.5) is 0 Å². The Hall–Kier alpha value is -0.510. The topological polar surface area (TPSA) is 41.9 Å². The van der Waals surface area contributed by atoms with E-state index in [9.17, 15) is 5.11 Å². The Labute approximate surface area is 136 Å². The molecule has 22 heavy (non-hydrogen) atoms. The van der Waals surface area contributed by atoms with Crippen molar-refractivity contribution in [2.75, 3.05) is 6.61 Å². The van der Waals surface area contributed by atoms with Crippen LogP contribution in [0.5, 0.6) is 0 Å². The van der Waals surface area contributed by atoms with Crippen LogP contribution < -0.4 is 0 Å². The summed E-state index contributed by atoms with van der Waals surface area (Å²) in [4.78, 5) is 6.27. The van der Waals surface area contributed by atoms with Crippen molar-refractivity contribution in [3.05, 3.63) is 35.9 Å². The van der Waals surface area contributed by atoms with Gasteiger partial charge >= 0.3 is 0 Å². The van der Waals surface area contributed by atoms with Crippen molar-refractivity contribution < 1.29 is 14.5 Å². The van der Waals surface area contributed by atoms with E-state index < -0.39 is 0 Å². The predicted octanol–water partition coefficient (Wildman–Crippen LogP) is 3.48. The fourth-order valence-corrected chi connectivity index (χ4v) is 3.74. The molecule has 0 amide bonds. The summed E-state index contributed by atoms with van der Waals surface area (Å²) in [6.07, 6.45) is 1.60. The molecular formula is C17H28NO3P. The molecule has 4 nitrogen and oxygen atoms in total. The highest BCUT2D eigenvalue weighted by Crippen LogP contribution is 2.42. The van der Waals surface area contributed by atoms with Crippen LogP contribution in [0.2, 0.25) is 0 Å². The predicted molar refractivity (Wildman–Crippen MR) is 91.2 cm³/mol. The monoisotopic (exact) mass is 325 g/mol. The molecule has 2 atom stereocenters. The van der Waals surface area contributed by atoms with Gasteiger partial charge in [-0.2, -0.15) is 5.06 Å². The summed E-state index contributed by atoms with van der Waals surface area (Å²) < 4.78 is 5.51. The normalized spacial score (nSPS) is 23.4. The SMILES string of the molecule is CC1(C)CC(OP)CC(C)(C)N1OC(CO)c1ccccc1. The number of piperidine rings is 1. The van der Waals surface area contributed by atoms with Crippen LogP contribution in [-0.2, 0) is 9.36 Å². The van der Waals surface area contributed by atoms with Crippen molar-refractivity contribution in [2.45, 2.75) is 63.8 Å². The van der Waals surface area contributed by atoms with Crippen LogP contribution in [0.15, 0.2) is 30.3 Å². The number of benzene rings is 1. The second-order valence-electron chi connectivity index (χ2n) is 7.27. The van der Waals surface area contributed by atoms with Crippen LogP contribution in [0.25, 0.3) is 0 Å². The first-order valence-corrected chi connectivity index (χ1v) is 8.26. The summed E-state index contributed by atoms with van der Waals surface area (Å²) >= 11 is 0. The molecule has 124 valence electrons. The zero-order valence-corrected chi connectivity index (χ0v) is 15.1. The van der Waals surface area contributed by atoms with Crippen molar-refractivity contribution in [1.82, 2.24) is 5.06 Å². The molecule has 1 saturated heterocycles. The second kappa shape index (κ2) is 6.94. The third kappa shape index (κ3) is 3.87. The quantitative estimate of drug-likeness (QED) is 0.842. The van der Waals surface area contributed by atoms with E-state index in [1.54, 1.807) is 0 Å². The third-order valence-corrected chi connectivity index (χ3v) is 4.70. The van der Waals surface area contributed by atoms with E-state index in [0.717, 1.165) is 18.4 Å². The summed E-state index contributed by atoms with van der Waals surface area (Å²) in [5.41, 5.74) is 0.636. The maximum atomic E-state index is 9.77. The van der Waals surface area contributed by atoms with Gasteiger partial charge in [0.25, 0.3) is 0 Å². The van der Waals surface area contributed by atoms with Crippen LogP contribution in [0.1, 0.15) is 52.2 Å². The van der Waals surface area contributed by atoms with Crippen molar-refractivity contribution in [2.24, 2.45) is 0 Å². The van der Waals surface area contributed by atoms with E-state index in [0.29, 0.717) is 0 Å². The average Bonchev–Trinajstić information content (AvgIpc) is 2.46. The van der Waals surface area contributed by atoms with E-state index >= 15 is 0 Å². The van der Waals surface area contributed by atoms with E-state index in [1.807, 2.05) is 35.4 Å². The Kier molecular flexibility index (Phi) is 5.63. The Balaban J connectivity index is 2.22. The Bertz CT molecular complexity index is 460. The Morgan fingerprint density at radius 1 is 1.18 bits per heavy atom. The highest BCUT2D eigenvalue weighted by atomic mass is 31.0. The number of aliphatic hydroxyl groups excluding tert-OH is 1. The molecule has 1 N–H and O–H groups in total. The van der Waals surface area contributed by atoms with Gasteiger partial charge in [0.15, 0.2) is 0 Å². The molecule has 0 aromatic heterocycles. The summed E-state index contributed by atoms with van der Waals surface area (Å²) in [6, 6.07) is 9.87.